The van der Waals surface area contributed by atoms with Gasteiger partial charge in [-0.2, -0.15) is 0 Å². The zero-order chi connectivity index (χ0) is 14.4. The molecule has 0 aliphatic carbocycles. The molecule has 2 aliphatic heterocycles. The van der Waals surface area contributed by atoms with E-state index in [0.29, 0.717) is 0 Å². The molecule has 2 aliphatic rings. The highest BCUT2D eigenvalue weighted by Crippen LogP contribution is 2.14. The molecule has 0 aromatic rings. The lowest BCUT2D eigenvalue weighted by atomic mass is 10.0. The van der Waals surface area contributed by atoms with E-state index in [1.807, 2.05) is 27.7 Å². The molecule has 2 heteroatoms. The summed E-state index contributed by atoms with van der Waals surface area (Å²) in [6.07, 6.45) is 4.23. The van der Waals surface area contributed by atoms with E-state index in [4.69, 9.17) is 4.74 Å². The molecule has 1 atom stereocenters. The lowest BCUT2D eigenvalue weighted by Crippen LogP contribution is -2.23. The number of nitrogens with zero attached hydrogens (tertiary/aromatic N) is 1. The van der Waals surface area contributed by atoms with Crippen LogP contribution in [0.1, 0.15) is 60.8 Å². The summed E-state index contributed by atoms with van der Waals surface area (Å²) in [5.41, 5.74) is 0. The van der Waals surface area contributed by atoms with Crippen molar-refractivity contribution >= 4 is 0 Å². The van der Waals surface area contributed by atoms with Gasteiger partial charge in [-0.3, -0.25) is 0 Å². The Hall–Kier alpha value is -0.0800. The van der Waals surface area contributed by atoms with E-state index in [-0.39, 0.29) is 0 Å². The second-order valence-electron chi connectivity index (χ2n) is 4.98. The summed E-state index contributed by atoms with van der Waals surface area (Å²) in [6, 6.07) is 0. The summed E-state index contributed by atoms with van der Waals surface area (Å²) >= 11 is 0. The van der Waals surface area contributed by atoms with E-state index in [9.17, 15) is 0 Å². The average molecular weight is 259 g/mol. The van der Waals surface area contributed by atoms with Crippen LogP contribution in [0.5, 0.6) is 0 Å². The average Bonchev–Trinajstić information content (AvgIpc) is 2.57. The van der Waals surface area contributed by atoms with Gasteiger partial charge in [0, 0.05) is 5.92 Å². The minimum absolute atomic E-state index is 0.843. The lowest BCUT2D eigenvalue weighted by Gasteiger charge is -2.20. The van der Waals surface area contributed by atoms with Crippen LogP contribution >= 0.6 is 0 Å². The van der Waals surface area contributed by atoms with E-state index in [0.717, 1.165) is 25.0 Å². The van der Waals surface area contributed by atoms with Crippen molar-refractivity contribution in [1.82, 2.24) is 4.90 Å². The Labute approximate surface area is 116 Å². The van der Waals surface area contributed by atoms with Crippen LogP contribution in [0.15, 0.2) is 0 Å². The maximum Gasteiger partial charge on any atom is 0.0513 e. The van der Waals surface area contributed by atoms with Crippen molar-refractivity contribution in [3.05, 3.63) is 0 Å². The van der Waals surface area contributed by atoms with Crippen molar-refractivity contribution < 1.29 is 4.74 Å². The highest BCUT2D eigenvalue weighted by molar-refractivity contribution is 4.63. The molecule has 2 rings (SSSR count). The summed E-state index contributed by atoms with van der Waals surface area (Å²) in [4.78, 5) is 2.43. The van der Waals surface area contributed by atoms with Crippen LogP contribution in [0.2, 0.25) is 0 Å². The van der Waals surface area contributed by atoms with E-state index >= 15 is 0 Å². The number of likely N-dealkylation sites (tertiary alicyclic amines) is 1. The first-order valence-electron chi connectivity index (χ1n) is 7.94. The molecule has 0 bridgehead atoms. The predicted octanol–water partition coefficient (Wildman–Crippen LogP) is 4.44. The van der Waals surface area contributed by atoms with Gasteiger partial charge >= 0.3 is 0 Å². The number of hydrogen-bond donors (Lipinski definition) is 0. The third-order valence-electron chi connectivity index (χ3n) is 3.05. The van der Waals surface area contributed by atoms with Gasteiger partial charge in [0.2, 0.25) is 0 Å². The molecule has 2 fully saturated rings. The SMILES string of the molecule is CC.CC.CC1CCCN(C)CC1.CC1COC1. The first kappa shape index (κ1) is 20.2. The van der Waals surface area contributed by atoms with E-state index < -0.39 is 0 Å². The summed E-state index contributed by atoms with van der Waals surface area (Å²) < 4.78 is 4.83. The molecule has 0 aromatic heterocycles. The molecular weight excluding hydrogens is 222 g/mol. The minimum Gasteiger partial charge on any atom is -0.381 e. The highest BCUT2D eigenvalue weighted by Gasteiger charge is 2.10. The molecule has 2 nitrogen and oxygen atoms in total. The fraction of sp³-hybridized carbons (Fsp3) is 1.00. The minimum atomic E-state index is 0.843. The van der Waals surface area contributed by atoms with Gasteiger partial charge < -0.3 is 9.64 Å². The molecule has 0 radical (unpaired) electrons. The highest BCUT2D eigenvalue weighted by atomic mass is 16.5. The van der Waals surface area contributed by atoms with E-state index in [1.54, 1.807) is 0 Å². The molecule has 2 heterocycles. The van der Waals surface area contributed by atoms with E-state index in [1.165, 1.54) is 32.4 Å². The van der Waals surface area contributed by atoms with Gasteiger partial charge in [0.1, 0.15) is 0 Å². The lowest BCUT2D eigenvalue weighted by molar-refractivity contribution is -0.0221. The Morgan fingerprint density at radius 3 is 1.72 bits per heavy atom. The van der Waals surface area contributed by atoms with E-state index in [2.05, 4.69) is 25.8 Å². The Balaban J connectivity index is 0. The zero-order valence-corrected chi connectivity index (χ0v) is 14.0. The van der Waals surface area contributed by atoms with Crippen LogP contribution < -0.4 is 0 Å². The molecule has 0 amide bonds. The topological polar surface area (TPSA) is 12.5 Å². The Kier molecular flexibility index (Phi) is 16.8. The molecule has 0 spiro atoms. The maximum atomic E-state index is 4.83. The normalized spacial score (nSPS) is 23.8. The molecule has 112 valence electrons. The third kappa shape index (κ3) is 12.4. The summed E-state index contributed by atoms with van der Waals surface area (Å²) in [5.74, 6) is 1.81. The Bertz CT molecular complexity index is 136. The maximum absolute atomic E-state index is 4.83. The van der Waals surface area contributed by atoms with Crippen molar-refractivity contribution in [3.8, 4) is 0 Å². The van der Waals surface area contributed by atoms with Crippen LogP contribution in [0, 0.1) is 11.8 Å². The molecular formula is C16H37NO. The van der Waals surface area contributed by atoms with Gasteiger partial charge in [-0.05, 0) is 45.3 Å². The first-order valence-corrected chi connectivity index (χ1v) is 7.94. The second-order valence-corrected chi connectivity index (χ2v) is 4.98. The number of hydrogen-bond acceptors (Lipinski definition) is 2. The largest absolute Gasteiger partial charge is 0.381 e. The molecule has 18 heavy (non-hydrogen) atoms. The molecule has 0 saturated carbocycles. The molecule has 0 N–H and O–H groups in total. The Morgan fingerprint density at radius 2 is 1.33 bits per heavy atom. The van der Waals surface area contributed by atoms with Crippen molar-refractivity contribution in [1.29, 1.82) is 0 Å². The predicted molar refractivity (Wildman–Crippen MR) is 83.2 cm³/mol. The summed E-state index contributed by atoms with van der Waals surface area (Å²) in [5, 5.41) is 0. The van der Waals surface area contributed by atoms with Crippen LogP contribution in [-0.4, -0.2) is 38.3 Å². The smallest absolute Gasteiger partial charge is 0.0513 e. The standard InChI is InChI=1S/C8H17N.C4H8O.2C2H6/c1-8-4-3-6-9(2)7-5-8;1-4-2-5-3-4;2*1-2/h8H,3-7H2,1-2H3;4H,2-3H2,1H3;2*1-2H3. The molecule has 0 aromatic carbocycles. The number of ether oxygens (including phenoxy) is 1. The van der Waals surface area contributed by atoms with Gasteiger partial charge in [-0.25, -0.2) is 0 Å². The quantitative estimate of drug-likeness (QED) is 0.637. The van der Waals surface area contributed by atoms with Crippen molar-refractivity contribution in [2.45, 2.75) is 60.8 Å². The van der Waals surface area contributed by atoms with Crippen LogP contribution in [-0.2, 0) is 4.74 Å². The van der Waals surface area contributed by atoms with Gasteiger partial charge in [-0.15, -0.1) is 0 Å². The van der Waals surface area contributed by atoms with Crippen molar-refractivity contribution in [2.24, 2.45) is 11.8 Å². The molecule has 1 unspecified atom stereocenters. The third-order valence-corrected chi connectivity index (χ3v) is 3.05. The van der Waals surface area contributed by atoms with Gasteiger partial charge in [0.05, 0.1) is 13.2 Å². The summed E-state index contributed by atoms with van der Waals surface area (Å²) in [7, 11) is 2.22. The zero-order valence-electron chi connectivity index (χ0n) is 14.0. The first-order chi connectivity index (χ1) is 8.68. The van der Waals surface area contributed by atoms with Crippen LogP contribution in [0.4, 0.5) is 0 Å². The molecule has 2 saturated heterocycles. The van der Waals surface area contributed by atoms with Crippen molar-refractivity contribution in [2.75, 3.05) is 33.4 Å². The van der Waals surface area contributed by atoms with Crippen LogP contribution in [0.25, 0.3) is 0 Å². The fourth-order valence-electron chi connectivity index (χ4n) is 1.76. The van der Waals surface area contributed by atoms with Gasteiger partial charge in [-0.1, -0.05) is 41.5 Å². The van der Waals surface area contributed by atoms with Crippen molar-refractivity contribution in [3.63, 3.8) is 0 Å². The monoisotopic (exact) mass is 259 g/mol. The van der Waals surface area contributed by atoms with Gasteiger partial charge in [0.25, 0.3) is 0 Å². The fourth-order valence-corrected chi connectivity index (χ4v) is 1.76. The Morgan fingerprint density at radius 1 is 0.833 bits per heavy atom. The van der Waals surface area contributed by atoms with Crippen LogP contribution in [0.3, 0.4) is 0 Å². The number of rotatable bonds is 0. The summed E-state index contributed by atoms with van der Waals surface area (Å²) in [6.45, 7) is 17.1. The van der Waals surface area contributed by atoms with Gasteiger partial charge in [0.15, 0.2) is 0 Å². The second kappa shape index (κ2) is 15.0.